The van der Waals surface area contributed by atoms with Crippen molar-refractivity contribution in [2.45, 2.75) is 161 Å². The van der Waals surface area contributed by atoms with E-state index >= 15 is 0 Å². The van der Waals surface area contributed by atoms with Gasteiger partial charge in [-0.2, -0.15) is 0 Å². The molecule has 3 heteroatoms. The second-order valence-corrected chi connectivity index (χ2v) is 9.86. The van der Waals surface area contributed by atoms with Gasteiger partial charge in [0.1, 0.15) is 0 Å². The lowest BCUT2D eigenvalue weighted by Crippen LogP contribution is -2.05. The maximum atomic E-state index is 11.5. The Morgan fingerprint density at radius 1 is 0.515 bits per heavy atom. The third-order valence-corrected chi connectivity index (χ3v) is 6.47. The van der Waals surface area contributed by atoms with Gasteiger partial charge in [-0.15, -0.1) is 0 Å². The van der Waals surface area contributed by atoms with E-state index in [1.165, 1.54) is 122 Å². The van der Waals surface area contributed by atoms with E-state index in [-0.39, 0.29) is 5.97 Å². The number of unbranched alkanes of at least 4 members (excludes halogenated alkanes) is 20. The van der Waals surface area contributed by atoms with Crippen LogP contribution in [0.2, 0.25) is 0 Å². The highest BCUT2D eigenvalue weighted by Gasteiger charge is 2.02. The highest BCUT2D eigenvalue weighted by molar-refractivity contribution is 5.69. The lowest BCUT2D eigenvalue weighted by Gasteiger charge is -2.05. The van der Waals surface area contributed by atoms with Crippen molar-refractivity contribution in [2.75, 3.05) is 19.8 Å². The second-order valence-electron chi connectivity index (χ2n) is 9.86. The Bertz CT molecular complexity index is 370. The average molecular weight is 468 g/mol. The average Bonchev–Trinajstić information content (AvgIpc) is 2.82. The summed E-state index contributed by atoms with van der Waals surface area (Å²) >= 11 is 0. The van der Waals surface area contributed by atoms with Crippen molar-refractivity contribution >= 4 is 5.97 Å². The van der Waals surface area contributed by atoms with E-state index in [4.69, 9.17) is 9.47 Å². The Morgan fingerprint density at radius 3 is 1.33 bits per heavy atom. The highest BCUT2D eigenvalue weighted by Crippen LogP contribution is 2.14. The molecule has 0 N–H and O–H groups in total. The van der Waals surface area contributed by atoms with E-state index in [0.717, 1.165) is 38.9 Å². The minimum Gasteiger partial charge on any atom is -0.466 e. The number of rotatable bonds is 28. The van der Waals surface area contributed by atoms with Crippen molar-refractivity contribution in [3.05, 3.63) is 6.92 Å². The van der Waals surface area contributed by atoms with Crippen molar-refractivity contribution in [1.29, 1.82) is 0 Å². The summed E-state index contributed by atoms with van der Waals surface area (Å²) in [6.45, 7) is 8.52. The molecule has 33 heavy (non-hydrogen) atoms. The lowest BCUT2D eigenvalue weighted by molar-refractivity contribution is -0.143. The van der Waals surface area contributed by atoms with Crippen LogP contribution in [0.3, 0.4) is 0 Å². The summed E-state index contributed by atoms with van der Waals surface area (Å²) in [5.41, 5.74) is 0. The van der Waals surface area contributed by atoms with Crippen LogP contribution >= 0.6 is 0 Å². The molecule has 0 amide bonds. The minimum atomic E-state index is -0.00483. The molecule has 0 atom stereocenters. The fourth-order valence-electron chi connectivity index (χ4n) is 4.19. The summed E-state index contributed by atoms with van der Waals surface area (Å²) in [6.07, 6.45) is 30.2. The number of ether oxygens (including phenoxy) is 2. The Kier molecular flexibility index (Phi) is 29.0. The summed E-state index contributed by atoms with van der Waals surface area (Å²) in [5.74, 6) is -0.00483. The van der Waals surface area contributed by atoms with Crippen molar-refractivity contribution in [1.82, 2.24) is 0 Å². The molecule has 3 nitrogen and oxygen atoms in total. The van der Waals surface area contributed by atoms with E-state index in [0.29, 0.717) is 13.0 Å². The molecule has 0 aromatic rings. The molecule has 0 aliphatic heterocycles. The summed E-state index contributed by atoms with van der Waals surface area (Å²) in [7, 11) is 0. The van der Waals surface area contributed by atoms with Gasteiger partial charge in [-0.3, -0.25) is 4.79 Å². The topological polar surface area (TPSA) is 35.5 Å². The second kappa shape index (κ2) is 29.5. The van der Waals surface area contributed by atoms with Crippen LogP contribution in [0.4, 0.5) is 0 Å². The molecule has 0 aliphatic carbocycles. The van der Waals surface area contributed by atoms with Gasteiger partial charge in [0.2, 0.25) is 0 Å². The standard InChI is InChI=1S/C30H59O3/c1-3-5-7-8-21-24-27-32-28-25-22-19-17-15-13-11-9-10-12-14-16-18-20-23-26-30(31)33-29-6-4-2/h1,3-29H2,2H3. The van der Waals surface area contributed by atoms with Gasteiger partial charge >= 0.3 is 5.97 Å². The summed E-state index contributed by atoms with van der Waals surface area (Å²) in [5, 5.41) is 0. The van der Waals surface area contributed by atoms with E-state index in [1.807, 2.05) is 0 Å². The SMILES string of the molecule is [CH2]CCCCCCCOCCCCCCCCCCCCCCCCCC(=O)OCCCC. The molecule has 0 saturated carbocycles. The van der Waals surface area contributed by atoms with Gasteiger partial charge in [0.05, 0.1) is 6.61 Å². The molecule has 0 aliphatic rings. The predicted molar refractivity (Wildman–Crippen MR) is 144 cm³/mol. The zero-order valence-corrected chi connectivity index (χ0v) is 22.5. The monoisotopic (exact) mass is 467 g/mol. The molecular weight excluding hydrogens is 408 g/mol. The molecular formula is C30H59O3. The van der Waals surface area contributed by atoms with Gasteiger partial charge < -0.3 is 9.47 Å². The Hall–Kier alpha value is -0.570. The van der Waals surface area contributed by atoms with Crippen molar-refractivity contribution in [3.63, 3.8) is 0 Å². The fraction of sp³-hybridized carbons (Fsp3) is 0.933. The summed E-state index contributed by atoms with van der Waals surface area (Å²) in [6, 6.07) is 0. The van der Waals surface area contributed by atoms with Crippen LogP contribution in [0.1, 0.15) is 161 Å². The molecule has 1 radical (unpaired) electrons. The number of hydrogen-bond acceptors (Lipinski definition) is 3. The Morgan fingerprint density at radius 2 is 0.909 bits per heavy atom. The fourth-order valence-corrected chi connectivity index (χ4v) is 4.19. The summed E-state index contributed by atoms with van der Waals surface area (Å²) < 4.78 is 10.9. The number of carbonyl (C=O) groups excluding carboxylic acids is 1. The quantitative estimate of drug-likeness (QED) is 0.0848. The molecule has 0 spiro atoms. The van der Waals surface area contributed by atoms with Gasteiger partial charge in [-0.05, 0) is 25.7 Å². The number of carbonyl (C=O) groups is 1. The first kappa shape index (κ1) is 32.4. The van der Waals surface area contributed by atoms with E-state index in [1.54, 1.807) is 0 Å². The molecule has 0 fully saturated rings. The molecule has 0 bridgehead atoms. The van der Waals surface area contributed by atoms with Gasteiger partial charge in [0, 0.05) is 19.6 Å². The van der Waals surface area contributed by atoms with Gasteiger partial charge in [0.25, 0.3) is 0 Å². The highest BCUT2D eigenvalue weighted by atomic mass is 16.5. The van der Waals surface area contributed by atoms with Crippen LogP contribution in [0.5, 0.6) is 0 Å². The normalized spacial score (nSPS) is 11.2. The Balaban J connectivity index is 3.06. The van der Waals surface area contributed by atoms with Crippen LogP contribution in [-0.4, -0.2) is 25.8 Å². The molecule has 0 rings (SSSR count). The first-order valence-electron chi connectivity index (χ1n) is 14.8. The first-order chi connectivity index (χ1) is 16.3. The maximum Gasteiger partial charge on any atom is 0.305 e. The van der Waals surface area contributed by atoms with Crippen LogP contribution in [0.15, 0.2) is 0 Å². The summed E-state index contributed by atoms with van der Waals surface area (Å²) in [4.78, 5) is 11.5. The number of hydrogen-bond donors (Lipinski definition) is 0. The predicted octanol–water partition coefficient (Wildman–Crippen LogP) is 9.76. The molecule has 0 aromatic carbocycles. The van der Waals surface area contributed by atoms with Gasteiger partial charge in [0.15, 0.2) is 0 Å². The maximum absolute atomic E-state index is 11.5. The lowest BCUT2D eigenvalue weighted by atomic mass is 10.0. The third kappa shape index (κ3) is 29.4. The molecule has 0 aromatic heterocycles. The van der Waals surface area contributed by atoms with E-state index in [2.05, 4.69) is 13.8 Å². The van der Waals surface area contributed by atoms with Crippen molar-refractivity contribution in [2.24, 2.45) is 0 Å². The number of esters is 1. The van der Waals surface area contributed by atoms with Gasteiger partial charge in [-0.25, -0.2) is 0 Å². The van der Waals surface area contributed by atoms with Crippen LogP contribution in [-0.2, 0) is 14.3 Å². The third-order valence-electron chi connectivity index (χ3n) is 6.47. The van der Waals surface area contributed by atoms with Crippen molar-refractivity contribution in [3.8, 4) is 0 Å². The van der Waals surface area contributed by atoms with Crippen LogP contribution in [0, 0.1) is 6.92 Å². The van der Waals surface area contributed by atoms with Gasteiger partial charge in [-0.1, -0.05) is 136 Å². The van der Waals surface area contributed by atoms with Crippen LogP contribution in [0.25, 0.3) is 0 Å². The minimum absolute atomic E-state index is 0.00483. The zero-order valence-electron chi connectivity index (χ0n) is 22.5. The molecule has 197 valence electrons. The largest absolute Gasteiger partial charge is 0.466 e. The molecule has 0 saturated heterocycles. The molecule has 0 heterocycles. The zero-order chi connectivity index (χ0) is 24.1. The van der Waals surface area contributed by atoms with Crippen molar-refractivity contribution < 1.29 is 14.3 Å². The Labute approximate surface area is 208 Å². The molecule has 0 unspecified atom stereocenters. The van der Waals surface area contributed by atoms with Crippen LogP contribution < -0.4 is 0 Å². The smallest absolute Gasteiger partial charge is 0.305 e. The van der Waals surface area contributed by atoms with E-state index in [9.17, 15) is 4.79 Å². The van der Waals surface area contributed by atoms with E-state index < -0.39 is 0 Å². The first-order valence-corrected chi connectivity index (χ1v) is 14.8.